The molecule has 0 spiro atoms. The molecule has 1 unspecified atom stereocenters. The topological polar surface area (TPSA) is 38.0 Å². The van der Waals surface area contributed by atoms with Crippen molar-refractivity contribution < 1.29 is 5.11 Å². The van der Waals surface area contributed by atoms with Crippen LogP contribution in [0, 0.1) is 0 Å². The summed E-state index contributed by atoms with van der Waals surface area (Å²) in [6, 6.07) is 10.3. The Morgan fingerprint density at radius 3 is 2.30 bits per heavy atom. The fourth-order valence-electron chi connectivity index (χ4n) is 2.30. The van der Waals surface area contributed by atoms with Gasteiger partial charge in [0, 0.05) is 18.9 Å². The lowest BCUT2D eigenvalue weighted by atomic mass is 9.86. The van der Waals surface area contributed by atoms with E-state index in [9.17, 15) is 5.11 Å². The van der Waals surface area contributed by atoms with Crippen molar-refractivity contribution in [3.63, 3.8) is 0 Å². The summed E-state index contributed by atoms with van der Waals surface area (Å²) in [7, 11) is 1.93. The van der Waals surface area contributed by atoms with Crippen LogP contribution < -0.4 is 0 Å². The Labute approximate surface area is 121 Å². The van der Waals surface area contributed by atoms with Crippen molar-refractivity contribution in [2.24, 2.45) is 7.05 Å². The molecule has 1 atom stereocenters. The van der Waals surface area contributed by atoms with Gasteiger partial charge in [-0.1, -0.05) is 45.0 Å². The van der Waals surface area contributed by atoms with Crippen molar-refractivity contribution in [1.82, 2.24) is 9.78 Å². The van der Waals surface area contributed by atoms with Crippen LogP contribution in [-0.2, 0) is 18.9 Å². The summed E-state index contributed by atoms with van der Waals surface area (Å²) in [5.41, 5.74) is 3.58. The smallest absolute Gasteiger partial charge is 0.0793 e. The van der Waals surface area contributed by atoms with Gasteiger partial charge in [-0.2, -0.15) is 5.10 Å². The van der Waals surface area contributed by atoms with Gasteiger partial charge in [0.2, 0.25) is 0 Å². The molecule has 20 heavy (non-hydrogen) atoms. The second kappa shape index (κ2) is 5.80. The van der Waals surface area contributed by atoms with Gasteiger partial charge in [0.25, 0.3) is 0 Å². The van der Waals surface area contributed by atoms with Gasteiger partial charge in [0.05, 0.1) is 6.10 Å². The Balaban J connectivity index is 1.99. The highest BCUT2D eigenvalue weighted by atomic mass is 16.3. The minimum absolute atomic E-state index is 0.151. The van der Waals surface area contributed by atoms with E-state index in [1.165, 1.54) is 5.56 Å². The van der Waals surface area contributed by atoms with E-state index in [2.05, 4.69) is 38.0 Å². The summed E-state index contributed by atoms with van der Waals surface area (Å²) in [5, 5.41) is 14.4. The highest BCUT2D eigenvalue weighted by molar-refractivity contribution is 5.28. The largest absolute Gasteiger partial charge is 0.388 e. The zero-order chi connectivity index (χ0) is 14.8. The van der Waals surface area contributed by atoms with Crippen molar-refractivity contribution in [3.8, 4) is 0 Å². The number of hydrogen-bond acceptors (Lipinski definition) is 2. The molecule has 0 saturated carbocycles. The van der Waals surface area contributed by atoms with Gasteiger partial charge in [-0.25, -0.2) is 0 Å². The fraction of sp³-hybridized carbons (Fsp3) is 0.471. The van der Waals surface area contributed by atoms with E-state index in [0.29, 0.717) is 6.42 Å². The van der Waals surface area contributed by atoms with Crippen molar-refractivity contribution in [3.05, 3.63) is 53.3 Å². The van der Waals surface area contributed by atoms with Crippen LogP contribution in [-0.4, -0.2) is 14.9 Å². The predicted octanol–water partition coefficient (Wildman–Crippen LogP) is 3.38. The van der Waals surface area contributed by atoms with E-state index < -0.39 is 6.10 Å². The van der Waals surface area contributed by atoms with Gasteiger partial charge in [0.1, 0.15) is 0 Å². The number of aliphatic hydroxyl groups excluding tert-OH is 1. The van der Waals surface area contributed by atoms with Crippen LogP contribution in [0.4, 0.5) is 0 Å². The summed E-state index contributed by atoms with van der Waals surface area (Å²) in [4.78, 5) is 0. The van der Waals surface area contributed by atoms with Crippen LogP contribution in [0.5, 0.6) is 0 Å². The van der Waals surface area contributed by atoms with Crippen LogP contribution >= 0.6 is 0 Å². The lowest BCUT2D eigenvalue weighted by Gasteiger charge is -2.20. The Kier molecular flexibility index (Phi) is 4.29. The molecule has 1 aromatic carbocycles. The van der Waals surface area contributed by atoms with Crippen LogP contribution in [0.3, 0.4) is 0 Å². The fourth-order valence-corrected chi connectivity index (χ4v) is 2.30. The maximum Gasteiger partial charge on any atom is 0.0793 e. The Bertz CT molecular complexity index is 549. The summed E-state index contributed by atoms with van der Waals surface area (Å²) in [6.45, 7) is 6.59. The first kappa shape index (κ1) is 14.8. The van der Waals surface area contributed by atoms with Crippen molar-refractivity contribution >= 4 is 0 Å². The highest BCUT2D eigenvalue weighted by Crippen LogP contribution is 2.25. The number of aromatic nitrogens is 2. The van der Waals surface area contributed by atoms with Crippen molar-refractivity contribution in [2.45, 2.75) is 45.1 Å². The van der Waals surface area contributed by atoms with Crippen molar-refractivity contribution in [1.29, 1.82) is 0 Å². The third-order valence-corrected chi connectivity index (χ3v) is 3.76. The number of aliphatic hydroxyl groups is 1. The second-order valence-corrected chi connectivity index (χ2v) is 6.37. The molecule has 0 aliphatic heterocycles. The molecule has 0 aliphatic carbocycles. The molecule has 3 nitrogen and oxygen atoms in total. The molecule has 2 aromatic rings. The molecule has 0 fully saturated rings. The summed E-state index contributed by atoms with van der Waals surface area (Å²) in [5.74, 6) is 0. The molecule has 1 heterocycles. The van der Waals surface area contributed by atoms with Gasteiger partial charge in [-0.3, -0.25) is 4.68 Å². The molecule has 0 saturated heterocycles. The number of aryl methyl sites for hydroxylation is 2. The highest BCUT2D eigenvalue weighted by Gasteiger charge is 2.14. The minimum Gasteiger partial charge on any atom is -0.388 e. The lowest BCUT2D eigenvalue weighted by Crippen LogP contribution is -2.11. The molecular formula is C17H24N2O. The van der Waals surface area contributed by atoms with E-state index in [4.69, 9.17) is 0 Å². The lowest BCUT2D eigenvalue weighted by molar-refractivity contribution is 0.167. The average Bonchev–Trinajstić information content (AvgIpc) is 2.81. The molecule has 0 bridgehead atoms. The Hall–Kier alpha value is -1.61. The molecule has 1 aromatic heterocycles. The molecular weight excluding hydrogens is 248 g/mol. The number of nitrogens with zero attached hydrogens (tertiary/aromatic N) is 2. The Morgan fingerprint density at radius 1 is 1.15 bits per heavy atom. The molecule has 0 radical (unpaired) electrons. The predicted molar refractivity (Wildman–Crippen MR) is 81.6 cm³/mol. The zero-order valence-corrected chi connectivity index (χ0v) is 12.8. The van der Waals surface area contributed by atoms with E-state index in [-0.39, 0.29) is 5.41 Å². The first-order valence-electron chi connectivity index (χ1n) is 7.13. The maximum atomic E-state index is 10.3. The standard InChI is InChI=1S/C17H24N2O/c1-17(2,3)14-7-5-13(6-8-14)16(20)10-9-15-11-12-18-19(15)4/h5-8,11-12,16,20H,9-10H2,1-4H3. The van der Waals surface area contributed by atoms with Gasteiger partial charge < -0.3 is 5.11 Å². The molecule has 0 amide bonds. The van der Waals surface area contributed by atoms with Gasteiger partial charge in [-0.05, 0) is 35.4 Å². The average molecular weight is 272 g/mol. The number of benzene rings is 1. The van der Waals surface area contributed by atoms with Gasteiger partial charge >= 0.3 is 0 Å². The van der Waals surface area contributed by atoms with Crippen LogP contribution in [0.2, 0.25) is 0 Å². The van der Waals surface area contributed by atoms with E-state index in [0.717, 1.165) is 17.7 Å². The zero-order valence-electron chi connectivity index (χ0n) is 12.8. The first-order valence-corrected chi connectivity index (χ1v) is 7.13. The number of rotatable bonds is 4. The normalized spacial score (nSPS) is 13.4. The molecule has 0 aliphatic rings. The molecule has 1 N–H and O–H groups in total. The van der Waals surface area contributed by atoms with Crippen molar-refractivity contribution in [2.75, 3.05) is 0 Å². The van der Waals surface area contributed by atoms with Crippen LogP contribution in [0.15, 0.2) is 36.5 Å². The van der Waals surface area contributed by atoms with Gasteiger partial charge in [-0.15, -0.1) is 0 Å². The van der Waals surface area contributed by atoms with Gasteiger partial charge in [0.15, 0.2) is 0 Å². The molecule has 2 rings (SSSR count). The van der Waals surface area contributed by atoms with E-state index in [1.54, 1.807) is 6.20 Å². The third-order valence-electron chi connectivity index (χ3n) is 3.76. The van der Waals surface area contributed by atoms with Crippen LogP contribution in [0.1, 0.15) is 50.1 Å². The van der Waals surface area contributed by atoms with E-state index in [1.807, 2.05) is 29.9 Å². The quantitative estimate of drug-likeness (QED) is 0.926. The minimum atomic E-state index is -0.418. The summed E-state index contributed by atoms with van der Waals surface area (Å²) >= 11 is 0. The second-order valence-electron chi connectivity index (χ2n) is 6.37. The SMILES string of the molecule is Cn1nccc1CCC(O)c1ccc(C(C)(C)C)cc1. The van der Waals surface area contributed by atoms with Crippen LogP contribution in [0.25, 0.3) is 0 Å². The first-order chi connectivity index (χ1) is 9.38. The maximum absolute atomic E-state index is 10.3. The summed E-state index contributed by atoms with van der Waals surface area (Å²) in [6.07, 6.45) is 2.92. The monoisotopic (exact) mass is 272 g/mol. The van der Waals surface area contributed by atoms with E-state index >= 15 is 0 Å². The Morgan fingerprint density at radius 2 is 1.80 bits per heavy atom. The molecule has 3 heteroatoms. The molecule has 108 valence electrons. The summed E-state index contributed by atoms with van der Waals surface area (Å²) < 4.78 is 1.86. The third kappa shape index (κ3) is 3.48. The number of hydrogen-bond donors (Lipinski definition) is 1.